The summed E-state index contributed by atoms with van der Waals surface area (Å²) in [6.45, 7) is 6.47. The molecule has 0 radical (unpaired) electrons. The number of carbonyl (C=O) groups excluding carboxylic acids is 1. The molecule has 0 bridgehead atoms. The van der Waals surface area contributed by atoms with Crippen LogP contribution in [-0.4, -0.2) is 53.6 Å². The highest BCUT2D eigenvalue weighted by Gasteiger charge is 2.22. The lowest BCUT2D eigenvalue weighted by atomic mass is 10.2. The van der Waals surface area contributed by atoms with E-state index in [1.165, 1.54) is 11.3 Å². The van der Waals surface area contributed by atoms with E-state index < -0.39 is 0 Å². The van der Waals surface area contributed by atoms with Gasteiger partial charge in [0, 0.05) is 26.7 Å². The number of unbranched alkanes of at least 4 members (excludes halogenated alkanes) is 1. The molecule has 1 aliphatic heterocycles. The molecule has 1 amide bonds. The Labute approximate surface area is 152 Å². The lowest BCUT2D eigenvalue weighted by molar-refractivity contribution is 0.0797. The molecule has 1 aliphatic rings. The molecule has 7 heteroatoms. The van der Waals surface area contributed by atoms with Crippen LogP contribution in [0.3, 0.4) is 0 Å². The van der Waals surface area contributed by atoms with E-state index in [9.17, 15) is 4.79 Å². The molecule has 25 heavy (non-hydrogen) atoms. The maximum absolute atomic E-state index is 12.8. The fourth-order valence-corrected chi connectivity index (χ4v) is 4.24. The van der Waals surface area contributed by atoms with Crippen LogP contribution in [0.4, 0.5) is 5.82 Å². The van der Waals surface area contributed by atoms with Gasteiger partial charge in [0.25, 0.3) is 5.91 Å². The Hall–Kier alpha value is -1.73. The molecule has 0 aromatic carbocycles. The fraction of sp³-hybridized carbons (Fsp3) is 0.611. The van der Waals surface area contributed by atoms with Crippen molar-refractivity contribution in [3.05, 3.63) is 16.8 Å². The average molecular weight is 362 g/mol. The zero-order chi connectivity index (χ0) is 17.8. The Morgan fingerprint density at radius 3 is 3.04 bits per heavy atom. The molecule has 1 N–H and O–H groups in total. The van der Waals surface area contributed by atoms with E-state index in [2.05, 4.69) is 22.2 Å². The number of fused-ring (bicyclic) bond motifs is 1. The van der Waals surface area contributed by atoms with Crippen LogP contribution in [-0.2, 0) is 4.74 Å². The Morgan fingerprint density at radius 2 is 2.32 bits per heavy atom. The van der Waals surface area contributed by atoms with Crippen LogP contribution in [0.25, 0.3) is 10.2 Å². The molecule has 0 aliphatic carbocycles. The van der Waals surface area contributed by atoms with Crippen molar-refractivity contribution in [3.8, 4) is 0 Å². The summed E-state index contributed by atoms with van der Waals surface area (Å²) in [6, 6.07) is 0. The first kappa shape index (κ1) is 18.1. The predicted octanol–water partition coefficient (Wildman–Crippen LogP) is 3.46. The third kappa shape index (κ3) is 3.93. The smallest absolute Gasteiger partial charge is 0.264 e. The highest BCUT2D eigenvalue weighted by Crippen LogP contribution is 2.34. The molecule has 1 unspecified atom stereocenters. The van der Waals surface area contributed by atoms with Crippen LogP contribution in [0, 0.1) is 6.92 Å². The van der Waals surface area contributed by atoms with E-state index >= 15 is 0 Å². The average Bonchev–Trinajstić information content (AvgIpc) is 3.25. The number of aryl methyl sites for hydroxylation is 1. The normalized spacial score (nSPS) is 17.2. The minimum atomic E-state index is 0.0685. The molecule has 2 aromatic rings. The molecule has 3 heterocycles. The van der Waals surface area contributed by atoms with Crippen molar-refractivity contribution in [2.45, 2.75) is 45.6 Å². The van der Waals surface area contributed by atoms with Crippen LogP contribution in [0.15, 0.2) is 6.33 Å². The van der Waals surface area contributed by atoms with Crippen molar-refractivity contribution in [2.24, 2.45) is 0 Å². The molecule has 2 aromatic heterocycles. The van der Waals surface area contributed by atoms with E-state index in [4.69, 9.17) is 4.74 Å². The molecular weight excluding hydrogens is 336 g/mol. The van der Waals surface area contributed by atoms with Gasteiger partial charge in [-0.05, 0) is 31.7 Å². The SMILES string of the molecule is CCCCN(C)C(=O)c1sc2ncnc(NCC3CCCO3)c2c1C. The summed E-state index contributed by atoms with van der Waals surface area (Å²) in [5.41, 5.74) is 0.962. The molecule has 1 saturated heterocycles. The first-order chi connectivity index (χ1) is 12.1. The number of thiophene rings is 1. The van der Waals surface area contributed by atoms with Crippen LogP contribution >= 0.6 is 11.3 Å². The summed E-state index contributed by atoms with van der Waals surface area (Å²) >= 11 is 1.45. The first-order valence-electron chi connectivity index (χ1n) is 8.96. The van der Waals surface area contributed by atoms with Gasteiger partial charge in [0.1, 0.15) is 17.0 Å². The van der Waals surface area contributed by atoms with Gasteiger partial charge in [0.15, 0.2) is 0 Å². The quantitative estimate of drug-likeness (QED) is 0.817. The number of anilines is 1. The Morgan fingerprint density at radius 1 is 1.48 bits per heavy atom. The number of aromatic nitrogens is 2. The van der Waals surface area contributed by atoms with E-state index in [1.807, 2.05) is 14.0 Å². The number of nitrogens with one attached hydrogen (secondary N) is 1. The van der Waals surface area contributed by atoms with Gasteiger partial charge in [-0.2, -0.15) is 0 Å². The largest absolute Gasteiger partial charge is 0.376 e. The van der Waals surface area contributed by atoms with Crippen molar-refractivity contribution in [1.29, 1.82) is 0 Å². The topological polar surface area (TPSA) is 67.4 Å². The molecule has 3 rings (SSSR count). The zero-order valence-corrected chi connectivity index (χ0v) is 16.0. The van der Waals surface area contributed by atoms with Gasteiger partial charge < -0.3 is 15.0 Å². The van der Waals surface area contributed by atoms with E-state index in [1.54, 1.807) is 11.2 Å². The van der Waals surface area contributed by atoms with Crippen LogP contribution in [0.5, 0.6) is 0 Å². The second-order valence-electron chi connectivity index (χ2n) is 6.55. The number of nitrogens with zero attached hydrogens (tertiary/aromatic N) is 3. The second-order valence-corrected chi connectivity index (χ2v) is 7.55. The van der Waals surface area contributed by atoms with Crippen LogP contribution < -0.4 is 5.32 Å². The summed E-state index contributed by atoms with van der Waals surface area (Å²) in [7, 11) is 1.87. The molecule has 0 saturated carbocycles. The molecule has 0 spiro atoms. The standard InChI is InChI=1S/C18H26N4O2S/c1-4-5-8-22(3)18(23)15-12(2)14-16(20-11-21-17(14)25-15)19-10-13-7-6-9-24-13/h11,13H,4-10H2,1-3H3,(H,19,20,21). The first-order valence-corrected chi connectivity index (χ1v) is 9.78. The van der Waals surface area contributed by atoms with Crippen molar-refractivity contribution >= 4 is 33.3 Å². The lowest BCUT2D eigenvalue weighted by Gasteiger charge is -2.16. The fourth-order valence-electron chi connectivity index (χ4n) is 3.10. The predicted molar refractivity (Wildman–Crippen MR) is 101 cm³/mol. The number of rotatable bonds is 7. The summed E-state index contributed by atoms with van der Waals surface area (Å²) in [6.07, 6.45) is 6.09. The van der Waals surface area contributed by atoms with Crippen molar-refractivity contribution in [1.82, 2.24) is 14.9 Å². The van der Waals surface area contributed by atoms with Gasteiger partial charge in [-0.3, -0.25) is 4.79 Å². The van der Waals surface area contributed by atoms with Crippen molar-refractivity contribution in [3.63, 3.8) is 0 Å². The number of carbonyl (C=O) groups is 1. The van der Waals surface area contributed by atoms with Crippen molar-refractivity contribution < 1.29 is 9.53 Å². The van der Waals surface area contributed by atoms with Gasteiger partial charge >= 0.3 is 0 Å². The number of ether oxygens (including phenoxy) is 1. The zero-order valence-electron chi connectivity index (χ0n) is 15.2. The van der Waals surface area contributed by atoms with Gasteiger partial charge in [-0.1, -0.05) is 13.3 Å². The van der Waals surface area contributed by atoms with Crippen molar-refractivity contribution in [2.75, 3.05) is 32.1 Å². The molecule has 136 valence electrons. The van der Waals surface area contributed by atoms with E-state index in [0.29, 0.717) is 0 Å². The maximum Gasteiger partial charge on any atom is 0.264 e. The number of amides is 1. The number of hydrogen-bond donors (Lipinski definition) is 1. The summed E-state index contributed by atoms with van der Waals surface area (Å²) in [4.78, 5) is 25.0. The van der Waals surface area contributed by atoms with E-state index in [0.717, 1.165) is 71.9 Å². The van der Waals surface area contributed by atoms with E-state index in [-0.39, 0.29) is 12.0 Å². The Kier molecular flexibility index (Phi) is 5.86. The summed E-state index contributed by atoms with van der Waals surface area (Å²) in [5, 5.41) is 4.35. The lowest BCUT2D eigenvalue weighted by Crippen LogP contribution is -2.27. The Balaban J connectivity index is 1.83. The highest BCUT2D eigenvalue weighted by atomic mass is 32.1. The highest BCUT2D eigenvalue weighted by molar-refractivity contribution is 7.20. The van der Waals surface area contributed by atoms with Gasteiger partial charge in [0.05, 0.1) is 16.4 Å². The molecular formula is C18H26N4O2S. The monoisotopic (exact) mass is 362 g/mol. The van der Waals surface area contributed by atoms with Gasteiger partial charge in [0.2, 0.25) is 0 Å². The van der Waals surface area contributed by atoms with Gasteiger partial charge in [-0.15, -0.1) is 11.3 Å². The van der Waals surface area contributed by atoms with Gasteiger partial charge in [-0.25, -0.2) is 9.97 Å². The molecule has 1 fully saturated rings. The third-order valence-corrected chi connectivity index (χ3v) is 5.82. The van der Waals surface area contributed by atoms with Crippen LogP contribution in [0.2, 0.25) is 0 Å². The van der Waals surface area contributed by atoms with Crippen LogP contribution in [0.1, 0.15) is 47.8 Å². The maximum atomic E-state index is 12.8. The third-order valence-electron chi connectivity index (χ3n) is 4.64. The Bertz CT molecular complexity index is 740. The summed E-state index contributed by atoms with van der Waals surface area (Å²) < 4.78 is 5.67. The number of hydrogen-bond acceptors (Lipinski definition) is 6. The second kappa shape index (κ2) is 8.10. The minimum Gasteiger partial charge on any atom is -0.376 e. The molecule has 1 atom stereocenters. The minimum absolute atomic E-state index is 0.0685. The molecule has 6 nitrogen and oxygen atoms in total. The summed E-state index contributed by atoms with van der Waals surface area (Å²) in [5.74, 6) is 0.864.